The molecule has 0 bridgehead atoms. The lowest BCUT2D eigenvalue weighted by Gasteiger charge is -2.14. The van der Waals surface area contributed by atoms with Crippen LogP contribution in [0.1, 0.15) is 28.8 Å². The van der Waals surface area contributed by atoms with Crippen molar-refractivity contribution in [1.82, 2.24) is 5.32 Å². The first kappa shape index (κ1) is 21.7. The number of benzene rings is 2. The maximum atomic E-state index is 12.4. The van der Waals surface area contributed by atoms with Crippen LogP contribution in [0, 0.1) is 0 Å². The molecule has 160 valence electrons. The Labute approximate surface area is 178 Å². The van der Waals surface area contributed by atoms with Gasteiger partial charge in [0.25, 0.3) is 5.91 Å². The minimum Gasteiger partial charge on any atom is -0.468 e. The number of imide groups is 1. The molecule has 9 nitrogen and oxygen atoms in total. The fourth-order valence-corrected chi connectivity index (χ4v) is 3.03. The van der Waals surface area contributed by atoms with Gasteiger partial charge in [-0.1, -0.05) is 12.1 Å². The van der Waals surface area contributed by atoms with Gasteiger partial charge in [-0.25, -0.2) is 0 Å². The summed E-state index contributed by atoms with van der Waals surface area (Å²) in [6.07, 6.45) is 0.481. The van der Waals surface area contributed by atoms with Gasteiger partial charge in [-0.15, -0.1) is 0 Å². The molecule has 0 aliphatic carbocycles. The van der Waals surface area contributed by atoms with E-state index in [-0.39, 0.29) is 49.4 Å². The zero-order chi connectivity index (χ0) is 22.4. The summed E-state index contributed by atoms with van der Waals surface area (Å²) in [4.78, 5) is 60.0. The number of nitrogens with zero attached hydrogens (tertiary/aromatic N) is 1. The Morgan fingerprint density at radius 3 is 2.13 bits per heavy atom. The number of rotatable bonds is 7. The lowest BCUT2D eigenvalue weighted by Crippen LogP contribution is -2.31. The number of esters is 1. The molecule has 0 spiro atoms. The second-order valence-corrected chi connectivity index (χ2v) is 6.85. The van der Waals surface area contributed by atoms with E-state index in [0.717, 1.165) is 4.90 Å². The zero-order valence-electron chi connectivity index (χ0n) is 16.8. The molecule has 0 atom stereocenters. The number of ether oxygens (including phenoxy) is 1. The maximum absolute atomic E-state index is 12.4. The normalized spacial score (nSPS) is 13.1. The Bertz CT molecular complexity index is 999. The highest BCUT2D eigenvalue weighted by Gasteiger charge is 2.30. The summed E-state index contributed by atoms with van der Waals surface area (Å²) in [6, 6.07) is 12.9. The topological polar surface area (TPSA) is 122 Å². The molecular weight excluding hydrogens is 402 g/mol. The highest BCUT2D eigenvalue weighted by Crippen LogP contribution is 2.23. The van der Waals surface area contributed by atoms with Gasteiger partial charge < -0.3 is 15.4 Å². The first-order valence-electron chi connectivity index (χ1n) is 9.57. The monoisotopic (exact) mass is 423 g/mol. The van der Waals surface area contributed by atoms with Gasteiger partial charge in [-0.3, -0.25) is 28.9 Å². The van der Waals surface area contributed by atoms with Crippen molar-refractivity contribution in [2.45, 2.75) is 19.3 Å². The van der Waals surface area contributed by atoms with Crippen LogP contribution in [0.4, 0.5) is 11.4 Å². The first-order valence-corrected chi connectivity index (χ1v) is 9.57. The number of nitrogens with one attached hydrogen (secondary N) is 2. The second kappa shape index (κ2) is 9.66. The van der Waals surface area contributed by atoms with E-state index >= 15 is 0 Å². The second-order valence-electron chi connectivity index (χ2n) is 6.85. The van der Waals surface area contributed by atoms with Gasteiger partial charge in [-0.2, -0.15) is 0 Å². The van der Waals surface area contributed by atoms with Crippen LogP contribution in [-0.2, 0) is 30.3 Å². The third kappa shape index (κ3) is 5.53. The molecule has 1 heterocycles. The van der Waals surface area contributed by atoms with Gasteiger partial charge >= 0.3 is 5.97 Å². The molecule has 2 N–H and O–H groups in total. The summed E-state index contributed by atoms with van der Waals surface area (Å²) >= 11 is 0. The summed E-state index contributed by atoms with van der Waals surface area (Å²) in [5, 5.41) is 5.20. The SMILES string of the molecule is COC(=O)CNC(=O)Cc1ccc(NC(=O)c2ccc(N3C(=O)CCC3=O)cc2)cc1. The van der Waals surface area contributed by atoms with Gasteiger partial charge in [0.2, 0.25) is 17.7 Å². The smallest absolute Gasteiger partial charge is 0.325 e. The van der Waals surface area contributed by atoms with Gasteiger partial charge in [0.15, 0.2) is 0 Å². The molecule has 0 saturated carbocycles. The summed E-state index contributed by atoms with van der Waals surface area (Å²) in [7, 11) is 1.24. The minimum atomic E-state index is -0.530. The molecule has 3 rings (SSSR count). The Kier molecular flexibility index (Phi) is 6.76. The number of carbonyl (C=O) groups is 5. The average molecular weight is 423 g/mol. The van der Waals surface area contributed by atoms with Crippen LogP contribution < -0.4 is 15.5 Å². The molecule has 1 fully saturated rings. The molecule has 2 aromatic carbocycles. The molecule has 0 aromatic heterocycles. The highest BCUT2D eigenvalue weighted by atomic mass is 16.5. The third-order valence-corrected chi connectivity index (χ3v) is 4.67. The molecule has 2 aromatic rings. The van der Waals surface area contributed by atoms with Crippen molar-refractivity contribution in [3.8, 4) is 0 Å². The number of hydrogen-bond acceptors (Lipinski definition) is 6. The van der Waals surface area contributed by atoms with Crippen LogP contribution in [0.5, 0.6) is 0 Å². The number of carbonyl (C=O) groups excluding carboxylic acids is 5. The lowest BCUT2D eigenvalue weighted by molar-refractivity contribution is -0.141. The van der Waals surface area contributed by atoms with E-state index in [0.29, 0.717) is 22.5 Å². The molecule has 9 heteroatoms. The minimum absolute atomic E-state index is 0.0840. The van der Waals surface area contributed by atoms with Gasteiger partial charge in [0.1, 0.15) is 6.54 Å². The molecule has 1 saturated heterocycles. The summed E-state index contributed by atoms with van der Waals surface area (Å²) < 4.78 is 4.46. The number of amides is 4. The van der Waals surface area contributed by atoms with Crippen molar-refractivity contribution in [3.05, 3.63) is 59.7 Å². The van der Waals surface area contributed by atoms with Crippen LogP contribution in [-0.4, -0.2) is 43.3 Å². The maximum Gasteiger partial charge on any atom is 0.325 e. The Morgan fingerprint density at radius 2 is 1.55 bits per heavy atom. The third-order valence-electron chi connectivity index (χ3n) is 4.67. The Balaban J connectivity index is 1.55. The molecule has 0 unspecified atom stereocenters. The Hall–Kier alpha value is -4.01. The zero-order valence-corrected chi connectivity index (χ0v) is 16.8. The van der Waals surface area contributed by atoms with E-state index in [9.17, 15) is 24.0 Å². The van der Waals surface area contributed by atoms with Crippen molar-refractivity contribution in [3.63, 3.8) is 0 Å². The van der Waals surface area contributed by atoms with Crippen LogP contribution in [0.2, 0.25) is 0 Å². The van der Waals surface area contributed by atoms with E-state index in [2.05, 4.69) is 15.4 Å². The summed E-state index contributed by atoms with van der Waals surface area (Å²) in [6.45, 7) is -0.192. The van der Waals surface area contributed by atoms with Crippen LogP contribution in [0.15, 0.2) is 48.5 Å². The largest absolute Gasteiger partial charge is 0.468 e. The van der Waals surface area contributed by atoms with Gasteiger partial charge in [-0.05, 0) is 42.0 Å². The van der Waals surface area contributed by atoms with Crippen molar-refractivity contribution in [2.75, 3.05) is 23.9 Å². The molecule has 1 aliphatic rings. The van der Waals surface area contributed by atoms with Gasteiger partial charge in [0, 0.05) is 24.1 Å². The van der Waals surface area contributed by atoms with Crippen molar-refractivity contribution >= 4 is 41.0 Å². The van der Waals surface area contributed by atoms with E-state index in [1.165, 1.54) is 7.11 Å². The van der Waals surface area contributed by atoms with Gasteiger partial charge in [0.05, 0.1) is 19.2 Å². The predicted molar refractivity (Wildman–Crippen MR) is 111 cm³/mol. The fraction of sp³-hybridized carbons (Fsp3) is 0.227. The van der Waals surface area contributed by atoms with E-state index in [1.54, 1.807) is 48.5 Å². The number of methoxy groups -OCH3 is 1. The van der Waals surface area contributed by atoms with E-state index in [4.69, 9.17) is 0 Å². The molecular formula is C22H21N3O6. The molecule has 0 radical (unpaired) electrons. The number of anilines is 2. The van der Waals surface area contributed by atoms with Crippen LogP contribution in [0.25, 0.3) is 0 Å². The van der Waals surface area contributed by atoms with E-state index in [1.807, 2.05) is 0 Å². The fourth-order valence-electron chi connectivity index (χ4n) is 3.03. The highest BCUT2D eigenvalue weighted by molar-refractivity contribution is 6.20. The summed E-state index contributed by atoms with van der Waals surface area (Å²) in [5.74, 6) is -1.70. The standard InChI is InChI=1S/C22H21N3O6/c1-31-21(29)13-23-18(26)12-14-2-6-16(7-3-14)24-22(30)15-4-8-17(9-5-15)25-19(27)10-11-20(25)28/h2-9H,10-13H2,1H3,(H,23,26)(H,24,30). The van der Waals surface area contributed by atoms with Crippen molar-refractivity contribution in [2.24, 2.45) is 0 Å². The summed E-state index contributed by atoms with van der Waals surface area (Å²) in [5.41, 5.74) is 2.07. The molecule has 1 aliphatic heterocycles. The van der Waals surface area contributed by atoms with Crippen LogP contribution in [0.3, 0.4) is 0 Å². The Morgan fingerprint density at radius 1 is 0.935 bits per heavy atom. The average Bonchev–Trinajstić information content (AvgIpc) is 3.11. The van der Waals surface area contributed by atoms with Crippen molar-refractivity contribution in [1.29, 1.82) is 0 Å². The van der Waals surface area contributed by atoms with E-state index < -0.39 is 5.97 Å². The lowest BCUT2D eigenvalue weighted by atomic mass is 10.1. The first-order chi connectivity index (χ1) is 14.9. The molecule has 4 amide bonds. The molecule has 31 heavy (non-hydrogen) atoms. The quantitative estimate of drug-likeness (QED) is 0.513. The van der Waals surface area contributed by atoms with Crippen LogP contribution >= 0.6 is 0 Å². The number of hydrogen-bond donors (Lipinski definition) is 2. The van der Waals surface area contributed by atoms with Crippen molar-refractivity contribution < 1.29 is 28.7 Å². The predicted octanol–water partition coefficient (Wildman–Crippen LogP) is 1.42.